The van der Waals surface area contributed by atoms with E-state index in [9.17, 15) is 9.90 Å². The summed E-state index contributed by atoms with van der Waals surface area (Å²) in [6.45, 7) is 3.89. The quantitative estimate of drug-likeness (QED) is 0.819. The maximum Gasteiger partial charge on any atom is 0.251 e. The Labute approximate surface area is 95.5 Å². The van der Waals surface area contributed by atoms with Crippen molar-refractivity contribution in [3.63, 3.8) is 0 Å². The van der Waals surface area contributed by atoms with E-state index < -0.39 is 0 Å². The minimum Gasteiger partial charge on any atom is -0.508 e. The molecular weight excluding hydrogens is 202 g/mol. The first-order valence-electron chi connectivity index (χ1n) is 5.73. The Morgan fingerprint density at radius 1 is 1.56 bits per heavy atom. The second-order valence-electron chi connectivity index (χ2n) is 4.43. The lowest BCUT2D eigenvalue weighted by atomic mass is 10.1. The Morgan fingerprint density at radius 3 is 2.94 bits per heavy atom. The fraction of sp³-hybridized carbons (Fsp3) is 0.462. The van der Waals surface area contributed by atoms with Crippen molar-refractivity contribution in [3.05, 3.63) is 29.3 Å². The Morgan fingerprint density at radius 2 is 2.31 bits per heavy atom. The van der Waals surface area contributed by atoms with Crippen molar-refractivity contribution < 1.29 is 9.90 Å². The highest BCUT2D eigenvalue weighted by molar-refractivity contribution is 5.96. The molecule has 0 radical (unpaired) electrons. The number of benzene rings is 1. The molecule has 1 aliphatic rings. The molecule has 86 valence electrons. The molecule has 0 aromatic heterocycles. The van der Waals surface area contributed by atoms with Crippen LogP contribution in [0.4, 0.5) is 0 Å². The average Bonchev–Trinajstić information content (AvgIpc) is 3.00. The smallest absolute Gasteiger partial charge is 0.251 e. The topological polar surface area (TPSA) is 49.3 Å². The molecule has 1 amide bonds. The van der Waals surface area contributed by atoms with Crippen molar-refractivity contribution in [1.29, 1.82) is 0 Å². The highest BCUT2D eigenvalue weighted by atomic mass is 16.3. The van der Waals surface area contributed by atoms with E-state index in [1.807, 2.05) is 0 Å². The molecule has 1 fully saturated rings. The first-order chi connectivity index (χ1) is 7.63. The summed E-state index contributed by atoms with van der Waals surface area (Å²) in [6, 6.07) is 5.37. The minimum absolute atomic E-state index is 0.0747. The van der Waals surface area contributed by atoms with Gasteiger partial charge in [0.05, 0.1) is 0 Å². The van der Waals surface area contributed by atoms with Gasteiger partial charge in [0.15, 0.2) is 0 Å². The standard InChI is InChI=1S/C13H17NO2/c1-3-9-7-11(9)14-13(16)10-5-4-6-12(15)8(10)2/h4-6,9,11,15H,3,7H2,1-2H3,(H,14,16). The van der Waals surface area contributed by atoms with Crippen LogP contribution in [0.25, 0.3) is 0 Å². The zero-order chi connectivity index (χ0) is 11.7. The summed E-state index contributed by atoms with van der Waals surface area (Å²) in [4.78, 5) is 11.9. The number of hydrogen-bond acceptors (Lipinski definition) is 2. The van der Waals surface area contributed by atoms with Crippen molar-refractivity contribution in [2.45, 2.75) is 32.7 Å². The second-order valence-corrected chi connectivity index (χ2v) is 4.43. The minimum atomic E-state index is -0.0747. The van der Waals surface area contributed by atoms with Gasteiger partial charge in [0.1, 0.15) is 5.75 Å². The molecule has 0 heterocycles. The fourth-order valence-electron chi connectivity index (χ4n) is 1.99. The van der Waals surface area contributed by atoms with Gasteiger partial charge in [0, 0.05) is 17.2 Å². The third-order valence-electron chi connectivity index (χ3n) is 3.31. The van der Waals surface area contributed by atoms with E-state index in [1.165, 1.54) is 0 Å². The number of phenols is 1. The maximum absolute atomic E-state index is 11.9. The lowest BCUT2D eigenvalue weighted by molar-refractivity contribution is 0.0948. The van der Waals surface area contributed by atoms with Crippen molar-refractivity contribution in [2.24, 2.45) is 5.92 Å². The number of amides is 1. The van der Waals surface area contributed by atoms with E-state index in [0.717, 1.165) is 12.8 Å². The average molecular weight is 219 g/mol. The van der Waals surface area contributed by atoms with Gasteiger partial charge in [0.25, 0.3) is 5.91 Å². The van der Waals surface area contributed by atoms with E-state index >= 15 is 0 Å². The van der Waals surface area contributed by atoms with Gasteiger partial charge in [-0.05, 0) is 31.4 Å². The van der Waals surface area contributed by atoms with Crippen LogP contribution in [0.3, 0.4) is 0 Å². The molecule has 2 atom stereocenters. The zero-order valence-corrected chi connectivity index (χ0v) is 9.66. The summed E-state index contributed by atoms with van der Waals surface area (Å²) in [5.41, 5.74) is 1.22. The summed E-state index contributed by atoms with van der Waals surface area (Å²) < 4.78 is 0. The molecule has 3 nitrogen and oxygen atoms in total. The normalized spacial score (nSPS) is 22.9. The number of hydrogen-bond donors (Lipinski definition) is 2. The van der Waals surface area contributed by atoms with Gasteiger partial charge in [-0.1, -0.05) is 19.4 Å². The van der Waals surface area contributed by atoms with Crippen LogP contribution in [0.15, 0.2) is 18.2 Å². The first kappa shape index (κ1) is 11.0. The molecule has 3 heteroatoms. The van der Waals surface area contributed by atoms with Crippen LogP contribution in [0.1, 0.15) is 35.7 Å². The molecule has 2 rings (SSSR count). The van der Waals surface area contributed by atoms with Crippen LogP contribution in [0.5, 0.6) is 5.75 Å². The van der Waals surface area contributed by atoms with Crippen LogP contribution in [0, 0.1) is 12.8 Å². The molecule has 0 saturated heterocycles. The number of phenolic OH excluding ortho intramolecular Hbond substituents is 1. The van der Waals surface area contributed by atoms with Crippen molar-refractivity contribution in [2.75, 3.05) is 0 Å². The second kappa shape index (κ2) is 4.16. The molecule has 1 aromatic carbocycles. The largest absolute Gasteiger partial charge is 0.508 e. The van der Waals surface area contributed by atoms with E-state index in [2.05, 4.69) is 12.2 Å². The fourth-order valence-corrected chi connectivity index (χ4v) is 1.99. The highest BCUT2D eigenvalue weighted by Gasteiger charge is 2.36. The predicted molar refractivity (Wildman–Crippen MR) is 62.5 cm³/mol. The summed E-state index contributed by atoms with van der Waals surface area (Å²) >= 11 is 0. The Bertz CT molecular complexity index is 414. The molecule has 1 saturated carbocycles. The van der Waals surface area contributed by atoms with Crippen LogP contribution in [-0.4, -0.2) is 17.1 Å². The van der Waals surface area contributed by atoms with Gasteiger partial charge in [-0.15, -0.1) is 0 Å². The predicted octanol–water partition coefficient (Wildman–Crippen LogP) is 2.23. The molecule has 2 unspecified atom stereocenters. The Balaban J connectivity index is 2.07. The number of rotatable bonds is 3. The van der Waals surface area contributed by atoms with Crippen LogP contribution in [0.2, 0.25) is 0 Å². The number of nitrogens with one attached hydrogen (secondary N) is 1. The van der Waals surface area contributed by atoms with Gasteiger partial charge in [0.2, 0.25) is 0 Å². The number of aromatic hydroxyl groups is 1. The summed E-state index contributed by atoms with van der Waals surface area (Å²) in [5.74, 6) is 0.742. The molecule has 0 aliphatic heterocycles. The number of carbonyl (C=O) groups excluding carboxylic acids is 1. The molecule has 16 heavy (non-hydrogen) atoms. The monoisotopic (exact) mass is 219 g/mol. The Hall–Kier alpha value is -1.51. The summed E-state index contributed by atoms with van der Waals surface area (Å²) in [5, 5.41) is 12.5. The molecule has 2 N–H and O–H groups in total. The van der Waals surface area contributed by atoms with E-state index in [1.54, 1.807) is 25.1 Å². The third kappa shape index (κ3) is 2.03. The summed E-state index contributed by atoms with van der Waals surface area (Å²) in [7, 11) is 0. The van der Waals surface area contributed by atoms with E-state index in [0.29, 0.717) is 23.1 Å². The van der Waals surface area contributed by atoms with E-state index in [4.69, 9.17) is 0 Å². The van der Waals surface area contributed by atoms with Gasteiger partial charge in [-0.3, -0.25) is 4.79 Å². The molecule has 1 aromatic rings. The van der Waals surface area contributed by atoms with Crippen molar-refractivity contribution >= 4 is 5.91 Å². The van der Waals surface area contributed by atoms with Gasteiger partial charge in [-0.25, -0.2) is 0 Å². The highest BCUT2D eigenvalue weighted by Crippen LogP contribution is 2.33. The molecule has 0 bridgehead atoms. The van der Waals surface area contributed by atoms with Crippen molar-refractivity contribution in [3.8, 4) is 5.75 Å². The lowest BCUT2D eigenvalue weighted by Gasteiger charge is -2.08. The van der Waals surface area contributed by atoms with Crippen LogP contribution in [-0.2, 0) is 0 Å². The lowest BCUT2D eigenvalue weighted by Crippen LogP contribution is -2.27. The maximum atomic E-state index is 11.9. The van der Waals surface area contributed by atoms with Crippen LogP contribution < -0.4 is 5.32 Å². The third-order valence-corrected chi connectivity index (χ3v) is 3.31. The van der Waals surface area contributed by atoms with Gasteiger partial charge in [-0.2, -0.15) is 0 Å². The number of carbonyl (C=O) groups is 1. The molecule has 0 spiro atoms. The SMILES string of the molecule is CCC1CC1NC(=O)c1cccc(O)c1C. The van der Waals surface area contributed by atoms with Crippen LogP contribution >= 0.6 is 0 Å². The van der Waals surface area contributed by atoms with Gasteiger partial charge >= 0.3 is 0 Å². The zero-order valence-electron chi connectivity index (χ0n) is 9.66. The molecule has 1 aliphatic carbocycles. The van der Waals surface area contributed by atoms with Crippen molar-refractivity contribution in [1.82, 2.24) is 5.32 Å². The summed E-state index contributed by atoms with van der Waals surface area (Å²) in [6.07, 6.45) is 2.20. The Kier molecular flexibility index (Phi) is 2.86. The van der Waals surface area contributed by atoms with E-state index in [-0.39, 0.29) is 11.7 Å². The first-order valence-corrected chi connectivity index (χ1v) is 5.73. The van der Waals surface area contributed by atoms with Gasteiger partial charge < -0.3 is 10.4 Å². The molecular formula is C13H17NO2.